The van der Waals surface area contributed by atoms with E-state index >= 15 is 0 Å². The first-order valence-electron chi connectivity index (χ1n) is 0.698. The van der Waals surface area contributed by atoms with Crippen molar-refractivity contribution >= 4 is 36.6 Å². The van der Waals surface area contributed by atoms with Gasteiger partial charge in [-0.3, -0.25) is 9.11 Å². The second-order valence-electron chi connectivity index (χ2n) is 0.448. The molecule has 0 spiro atoms. The second kappa shape index (κ2) is 39.2. The standard InChI is InChI=1S/Bi.H2O4S.7H2O.3H/c;1-5(2,3)4;;;;;;;;;;/h;(H2,1,2,3,4);7*1H2;;;. The Morgan fingerprint density at radius 3 is 0.615 bits per heavy atom. The molecule has 0 aromatic heterocycles. The van der Waals surface area contributed by atoms with Crippen LogP contribution in [0, 0.1) is 0 Å². The van der Waals surface area contributed by atoms with Crippen LogP contribution in [0.4, 0.5) is 0 Å². The molecule has 11 nitrogen and oxygen atoms in total. The van der Waals surface area contributed by atoms with Gasteiger partial charge in [-0.25, -0.2) is 0 Å². The molecule has 0 fully saturated rings. The van der Waals surface area contributed by atoms with Crippen molar-refractivity contribution in [3.05, 3.63) is 0 Å². The Bertz CT molecular complexity index is 93.3. The average molecular weight is 436 g/mol. The maximum absolute atomic E-state index is 8.74. The molecule has 0 bridgehead atoms. The molecule has 0 rings (SSSR count). The fourth-order valence-electron chi connectivity index (χ4n) is 0. The van der Waals surface area contributed by atoms with Gasteiger partial charge in [-0.05, 0) is 0 Å². The first-order chi connectivity index (χ1) is 2.00. The molecule has 0 heterocycles. The molecule has 0 saturated carbocycles. The first kappa shape index (κ1) is 105. The van der Waals surface area contributed by atoms with Gasteiger partial charge in [0.1, 0.15) is 0 Å². The third kappa shape index (κ3) is 6110. The van der Waals surface area contributed by atoms with Gasteiger partial charge in [-0.15, -0.1) is 0 Å². The van der Waals surface area contributed by atoms with Gasteiger partial charge in [0, 0.05) is 0 Å². The van der Waals surface area contributed by atoms with Gasteiger partial charge in [0.15, 0.2) is 0 Å². The molecule has 0 aliphatic heterocycles. The maximum atomic E-state index is 8.74. The predicted octanol–water partition coefficient (Wildman–Crippen LogP) is -7.61. The summed E-state index contributed by atoms with van der Waals surface area (Å²) in [5.74, 6) is 0. The van der Waals surface area contributed by atoms with Crippen molar-refractivity contribution in [1.82, 2.24) is 0 Å². The molecule has 0 atom stereocenters. The van der Waals surface area contributed by atoms with Crippen molar-refractivity contribution in [1.29, 1.82) is 0 Å². The van der Waals surface area contributed by atoms with Crippen LogP contribution in [0.1, 0.15) is 0 Å². The Kier molecular flexibility index (Phi) is 316. The van der Waals surface area contributed by atoms with E-state index in [0.29, 0.717) is 0 Å². The van der Waals surface area contributed by atoms with E-state index in [9.17, 15) is 0 Å². The summed E-state index contributed by atoms with van der Waals surface area (Å²) < 4.78 is 31.6. The van der Waals surface area contributed by atoms with E-state index in [2.05, 4.69) is 0 Å². The fourth-order valence-corrected chi connectivity index (χ4v) is 0. The number of hydrogen-bond acceptors (Lipinski definition) is 2. The minimum absolute atomic E-state index is 0. The molecule has 0 aromatic rings. The zero-order valence-electron chi connectivity index (χ0n) is 6.33. The van der Waals surface area contributed by atoms with Crippen LogP contribution >= 0.6 is 0 Å². The molecular formula is H19BiO11S. The van der Waals surface area contributed by atoms with Crippen LogP contribution in [-0.4, -0.2) is 82.1 Å². The number of rotatable bonds is 0. The second-order valence-corrected chi connectivity index (χ2v) is 1.34. The Morgan fingerprint density at radius 1 is 0.615 bits per heavy atom. The Morgan fingerprint density at radius 2 is 0.615 bits per heavy atom. The summed E-state index contributed by atoms with van der Waals surface area (Å²) in [7, 11) is -4.67. The van der Waals surface area contributed by atoms with Crippen LogP contribution in [0.15, 0.2) is 0 Å². The van der Waals surface area contributed by atoms with E-state index < -0.39 is 10.4 Å². The SMILES string of the molecule is O.O.O.O.O.O.O.O=S(=O)(O)O.[BiH3]. The Hall–Kier alpha value is 0.473. The third-order valence-electron chi connectivity index (χ3n) is 0. The fraction of sp³-hybridized carbons (Fsp3) is 0. The Balaban J connectivity index is -0.00000000286. The number of hydrogen-bond donors (Lipinski definition) is 2. The van der Waals surface area contributed by atoms with Crippen LogP contribution < -0.4 is 0 Å². The zero-order valence-corrected chi connectivity index (χ0v) is 12.6. The monoisotopic (exact) mass is 436 g/mol. The van der Waals surface area contributed by atoms with Gasteiger partial charge in [0.25, 0.3) is 0 Å². The molecule has 13 heteroatoms. The van der Waals surface area contributed by atoms with Crippen LogP contribution in [0.2, 0.25) is 0 Å². The third-order valence-corrected chi connectivity index (χ3v) is 0. The summed E-state index contributed by atoms with van der Waals surface area (Å²) in [6, 6.07) is 0. The van der Waals surface area contributed by atoms with Crippen molar-refractivity contribution in [2.75, 3.05) is 0 Å². The molecule has 16 N–H and O–H groups in total. The van der Waals surface area contributed by atoms with E-state index in [-0.39, 0.29) is 64.5 Å². The summed E-state index contributed by atoms with van der Waals surface area (Å²) >= 11 is 0. The predicted molar refractivity (Wildman–Crippen MR) is 49.4 cm³/mol. The van der Waals surface area contributed by atoms with Gasteiger partial charge >= 0.3 is 36.6 Å². The summed E-state index contributed by atoms with van der Waals surface area (Å²) in [6.45, 7) is 0. The molecule has 0 aliphatic carbocycles. The average Bonchev–Trinajstić information content (AvgIpc) is 0.722. The van der Waals surface area contributed by atoms with Gasteiger partial charge in [-0.2, -0.15) is 8.42 Å². The van der Waals surface area contributed by atoms with Gasteiger partial charge in [-0.1, -0.05) is 0 Å². The summed E-state index contributed by atoms with van der Waals surface area (Å²) in [5.41, 5.74) is 0. The quantitative estimate of drug-likeness (QED) is 0.276. The zero-order chi connectivity index (χ0) is 4.50. The molecule has 13 heavy (non-hydrogen) atoms. The van der Waals surface area contributed by atoms with Crippen LogP contribution in [0.25, 0.3) is 0 Å². The molecule has 0 saturated heterocycles. The summed E-state index contributed by atoms with van der Waals surface area (Å²) in [5, 5.41) is 0. The van der Waals surface area contributed by atoms with Crippen molar-refractivity contribution in [2.45, 2.75) is 0 Å². The van der Waals surface area contributed by atoms with E-state index in [1.807, 2.05) is 0 Å². The van der Waals surface area contributed by atoms with Gasteiger partial charge < -0.3 is 38.3 Å². The van der Waals surface area contributed by atoms with Crippen molar-refractivity contribution < 1.29 is 55.9 Å². The van der Waals surface area contributed by atoms with E-state index in [4.69, 9.17) is 17.5 Å². The van der Waals surface area contributed by atoms with Crippen molar-refractivity contribution in [2.24, 2.45) is 0 Å². The Labute approximate surface area is 92.6 Å². The van der Waals surface area contributed by atoms with Crippen LogP contribution in [0.3, 0.4) is 0 Å². The summed E-state index contributed by atoms with van der Waals surface area (Å²) in [6.07, 6.45) is 0. The van der Waals surface area contributed by atoms with E-state index in [0.717, 1.165) is 0 Å². The van der Waals surface area contributed by atoms with Crippen molar-refractivity contribution in [3.8, 4) is 0 Å². The normalized spacial score (nSPS) is 4.46. The van der Waals surface area contributed by atoms with Gasteiger partial charge in [0.05, 0.1) is 0 Å². The van der Waals surface area contributed by atoms with Gasteiger partial charge in [0.2, 0.25) is 0 Å². The molecule has 0 aliphatic rings. The summed E-state index contributed by atoms with van der Waals surface area (Å²) in [4.78, 5) is 0. The molecule has 0 aromatic carbocycles. The molecule has 0 radical (unpaired) electrons. The molecule has 0 amide bonds. The molecule has 0 unspecified atom stereocenters. The van der Waals surface area contributed by atoms with E-state index in [1.165, 1.54) is 0 Å². The van der Waals surface area contributed by atoms with Crippen LogP contribution in [0.5, 0.6) is 0 Å². The molecule has 96 valence electrons. The minimum atomic E-state index is -4.67. The van der Waals surface area contributed by atoms with E-state index in [1.54, 1.807) is 0 Å². The van der Waals surface area contributed by atoms with Crippen LogP contribution in [-0.2, 0) is 10.4 Å². The first-order valence-corrected chi connectivity index (χ1v) is 2.10. The topological polar surface area (TPSA) is 295 Å². The van der Waals surface area contributed by atoms with Crippen molar-refractivity contribution in [3.63, 3.8) is 0 Å². The molecular weight excluding hydrogens is 417 g/mol.